The number of hydrogen-bond donors (Lipinski definition) is 1. The molecule has 7 heteroatoms. The van der Waals surface area contributed by atoms with E-state index in [-0.39, 0.29) is 5.91 Å². The van der Waals surface area contributed by atoms with Crippen molar-refractivity contribution in [3.8, 4) is 11.5 Å². The van der Waals surface area contributed by atoms with Gasteiger partial charge in [0.2, 0.25) is 5.91 Å². The second kappa shape index (κ2) is 12.0. The summed E-state index contributed by atoms with van der Waals surface area (Å²) >= 11 is 0. The van der Waals surface area contributed by atoms with E-state index in [0.29, 0.717) is 11.5 Å². The Morgan fingerprint density at radius 1 is 0.971 bits per heavy atom. The Hall–Kier alpha value is -3.84. The lowest BCUT2D eigenvalue weighted by Gasteiger charge is -2.37. The third kappa shape index (κ3) is 6.83. The minimum Gasteiger partial charge on any atom is -0.497 e. The number of rotatable bonds is 9. The van der Waals surface area contributed by atoms with Crippen molar-refractivity contribution in [2.45, 2.75) is 6.42 Å². The van der Waals surface area contributed by atoms with Gasteiger partial charge < -0.3 is 19.7 Å². The largest absolute Gasteiger partial charge is 0.497 e. The molecule has 1 saturated heterocycles. The molecular formula is C28H32N4O3. The van der Waals surface area contributed by atoms with Crippen LogP contribution >= 0.6 is 0 Å². The number of ether oxygens (including phenoxy) is 2. The van der Waals surface area contributed by atoms with Gasteiger partial charge in [-0.05, 0) is 60.0 Å². The summed E-state index contributed by atoms with van der Waals surface area (Å²) < 4.78 is 10.6. The van der Waals surface area contributed by atoms with Gasteiger partial charge in [0.15, 0.2) is 0 Å². The molecule has 0 atom stereocenters. The number of nitrogens with one attached hydrogen (secondary N) is 1. The third-order valence-corrected chi connectivity index (χ3v) is 6.14. The topological polar surface area (TPSA) is 66.9 Å². The Morgan fingerprint density at radius 3 is 2.34 bits per heavy atom. The van der Waals surface area contributed by atoms with Crippen molar-refractivity contribution in [2.75, 3.05) is 57.2 Å². The molecule has 0 bridgehead atoms. The maximum absolute atomic E-state index is 12.7. The monoisotopic (exact) mass is 472 g/mol. The molecule has 0 unspecified atom stereocenters. The molecule has 1 fully saturated rings. The minimum atomic E-state index is -0.185. The van der Waals surface area contributed by atoms with E-state index >= 15 is 0 Å². The summed E-state index contributed by atoms with van der Waals surface area (Å²) in [4.78, 5) is 21.6. The van der Waals surface area contributed by atoms with Crippen molar-refractivity contribution in [1.29, 1.82) is 0 Å². The first kappa shape index (κ1) is 24.3. The van der Waals surface area contributed by atoms with Gasteiger partial charge in [0.1, 0.15) is 11.5 Å². The summed E-state index contributed by atoms with van der Waals surface area (Å²) in [6, 6.07) is 17.6. The van der Waals surface area contributed by atoms with Crippen LogP contribution in [0.3, 0.4) is 0 Å². The first-order chi connectivity index (χ1) is 17.1. The van der Waals surface area contributed by atoms with E-state index in [9.17, 15) is 4.79 Å². The van der Waals surface area contributed by atoms with E-state index in [1.807, 2.05) is 42.7 Å². The van der Waals surface area contributed by atoms with Crippen molar-refractivity contribution in [3.63, 3.8) is 0 Å². The Balaban J connectivity index is 1.34. The number of hydrogen-bond acceptors (Lipinski definition) is 6. The number of pyridine rings is 1. The average Bonchev–Trinajstić information content (AvgIpc) is 2.91. The second-order valence-electron chi connectivity index (χ2n) is 8.42. The summed E-state index contributed by atoms with van der Waals surface area (Å²) in [5, 5.41) is 3.04. The maximum Gasteiger partial charge on any atom is 0.248 e. The summed E-state index contributed by atoms with van der Waals surface area (Å²) in [6.07, 6.45) is 8.01. The first-order valence-electron chi connectivity index (χ1n) is 11.8. The van der Waals surface area contributed by atoms with Crippen LogP contribution in [-0.4, -0.2) is 62.7 Å². The molecule has 0 spiro atoms. The lowest BCUT2D eigenvalue weighted by atomic mass is 10.1. The number of benzene rings is 2. The van der Waals surface area contributed by atoms with Crippen LogP contribution in [0.25, 0.3) is 6.08 Å². The Kier molecular flexibility index (Phi) is 8.35. The minimum absolute atomic E-state index is 0.185. The number of piperazine rings is 1. The highest BCUT2D eigenvalue weighted by molar-refractivity contribution is 6.03. The van der Waals surface area contributed by atoms with Gasteiger partial charge in [0.05, 0.1) is 25.6 Å². The van der Waals surface area contributed by atoms with Gasteiger partial charge in [0, 0.05) is 57.3 Å². The van der Waals surface area contributed by atoms with Gasteiger partial charge >= 0.3 is 0 Å². The molecule has 2 aromatic carbocycles. The number of carbonyl (C=O) groups is 1. The van der Waals surface area contributed by atoms with Crippen LogP contribution in [0.2, 0.25) is 0 Å². The molecule has 35 heavy (non-hydrogen) atoms. The number of anilines is 2. The first-order valence-corrected chi connectivity index (χ1v) is 11.8. The quantitative estimate of drug-likeness (QED) is 0.473. The Labute approximate surface area is 207 Å². The fourth-order valence-corrected chi connectivity index (χ4v) is 4.18. The normalized spacial score (nSPS) is 14.2. The van der Waals surface area contributed by atoms with Gasteiger partial charge in [-0.2, -0.15) is 0 Å². The predicted octanol–water partition coefficient (Wildman–Crippen LogP) is 4.12. The lowest BCUT2D eigenvalue weighted by molar-refractivity contribution is -0.111. The van der Waals surface area contributed by atoms with Crippen molar-refractivity contribution in [2.24, 2.45) is 0 Å². The van der Waals surface area contributed by atoms with Crippen LogP contribution in [0.15, 0.2) is 73.1 Å². The second-order valence-corrected chi connectivity index (χ2v) is 8.42. The molecule has 1 amide bonds. The molecule has 1 N–H and O–H groups in total. The third-order valence-electron chi connectivity index (χ3n) is 6.14. The molecule has 0 saturated carbocycles. The molecular weight excluding hydrogens is 440 g/mol. The molecule has 0 radical (unpaired) electrons. The van der Waals surface area contributed by atoms with E-state index in [2.05, 4.69) is 38.3 Å². The van der Waals surface area contributed by atoms with Crippen LogP contribution in [0, 0.1) is 0 Å². The molecule has 4 rings (SSSR count). The van der Waals surface area contributed by atoms with Crippen LogP contribution < -0.4 is 19.7 Å². The molecule has 1 aliphatic heterocycles. The van der Waals surface area contributed by atoms with Crippen molar-refractivity contribution in [3.05, 3.63) is 84.2 Å². The molecule has 7 nitrogen and oxygen atoms in total. The highest BCUT2D eigenvalue weighted by Crippen LogP contribution is 2.27. The Morgan fingerprint density at radius 2 is 1.66 bits per heavy atom. The maximum atomic E-state index is 12.7. The van der Waals surface area contributed by atoms with Crippen LogP contribution in [0.4, 0.5) is 11.4 Å². The fraction of sp³-hybridized carbons (Fsp3) is 0.286. The summed E-state index contributed by atoms with van der Waals surface area (Å²) in [7, 11) is 3.21. The summed E-state index contributed by atoms with van der Waals surface area (Å²) in [6.45, 7) is 4.86. The Bertz CT molecular complexity index is 1120. The molecule has 3 aromatic rings. The number of aromatic nitrogens is 1. The van der Waals surface area contributed by atoms with E-state index in [4.69, 9.17) is 9.47 Å². The van der Waals surface area contributed by atoms with Gasteiger partial charge in [-0.1, -0.05) is 12.1 Å². The SMILES string of the molecule is COc1cc(C=CC(=O)Nc2ccccc2N2CCN(CCc3ccncc3)CC2)cc(OC)c1. The van der Waals surface area contributed by atoms with Gasteiger partial charge in [-0.3, -0.25) is 14.7 Å². The van der Waals surface area contributed by atoms with E-state index < -0.39 is 0 Å². The number of nitrogens with zero attached hydrogens (tertiary/aromatic N) is 3. The zero-order valence-corrected chi connectivity index (χ0v) is 20.3. The molecule has 182 valence electrons. The molecule has 1 aromatic heterocycles. The number of methoxy groups -OCH3 is 2. The molecule has 0 aliphatic carbocycles. The van der Waals surface area contributed by atoms with Crippen LogP contribution in [-0.2, 0) is 11.2 Å². The van der Waals surface area contributed by atoms with Gasteiger partial charge in [0.25, 0.3) is 0 Å². The lowest BCUT2D eigenvalue weighted by Crippen LogP contribution is -2.47. The van der Waals surface area contributed by atoms with Crippen molar-refractivity contribution in [1.82, 2.24) is 9.88 Å². The van der Waals surface area contributed by atoms with Crippen LogP contribution in [0.5, 0.6) is 11.5 Å². The zero-order chi connectivity index (χ0) is 24.5. The smallest absolute Gasteiger partial charge is 0.248 e. The van der Waals surface area contributed by atoms with E-state index in [0.717, 1.165) is 56.1 Å². The van der Waals surface area contributed by atoms with Gasteiger partial charge in [-0.15, -0.1) is 0 Å². The molecule has 2 heterocycles. The van der Waals surface area contributed by atoms with Crippen LogP contribution in [0.1, 0.15) is 11.1 Å². The summed E-state index contributed by atoms with van der Waals surface area (Å²) in [5.41, 5.74) is 4.00. The van der Waals surface area contributed by atoms with E-state index in [1.54, 1.807) is 26.4 Å². The number of para-hydroxylation sites is 2. The van der Waals surface area contributed by atoms with Crippen molar-refractivity contribution >= 4 is 23.4 Å². The molecule has 1 aliphatic rings. The van der Waals surface area contributed by atoms with Gasteiger partial charge in [-0.25, -0.2) is 0 Å². The predicted molar refractivity (Wildman–Crippen MR) is 140 cm³/mol. The summed E-state index contributed by atoms with van der Waals surface area (Å²) in [5.74, 6) is 1.17. The standard InChI is InChI=1S/C28H32N4O3/c1-34-24-19-23(20-25(21-24)35-2)7-8-28(33)30-26-5-3-4-6-27(26)32-17-15-31(16-18-32)14-11-22-9-12-29-13-10-22/h3-10,12-13,19-21H,11,14-18H2,1-2H3,(H,30,33). The highest BCUT2D eigenvalue weighted by Gasteiger charge is 2.19. The zero-order valence-electron chi connectivity index (χ0n) is 20.3. The number of amides is 1. The average molecular weight is 473 g/mol. The number of carbonyl (C=O) groups excluding carboxylic acids is 1. The highest BCUT2D eigenvalue weighted by atomic mass is 16.5. The van der Waals surface area contributed by atoms with E-state index in [1.165, 1.54) is 11.6 Å². The van der Waals surface area contributed by atoms with Crippen molar-refractivity contribution < 1.29 is 14.3 Å². The fourth-order valence-electron chi connectivity index (χ4n) is 4.18.